The smallest absolute Gasteiger partial charge is 0.359 e. The van der Waals surface area contributed by atoms with Crippen LogP contribution < -0.4 is 10.9 Å². The molecule has 3 aromatic rings. The zero-order valence-corrected chi connectivity index (χ0v) is 13.4. The third-order valence-corrected chi connectivity index (χ3v) is 3.50. The van der Waals surface area contributed by atoms with Crippen LogP contribution in [0, 0.1) is 11.3 Å². The summed E-state index contributed by atoms with van der Waals surface area (Å²) in [6.45, 7) is -0.537. The van der Waals surface area contributed by atoms with E-state index in [2.05, 4.69) is 15.5 Å². The molecule has 0 atom stereocenters. The Kier molecular flexibility index (Phi) is 4.71. The highest BCUT2D eigenvalue weighted by molar-refractivity contribution is 6.03. The second-order valence-corrected chi connectivity index (χ2v) is 5.26. The summed E-state index contributed by atoms with van der Waals surface area (Å²) in [6, 6.07) is 14.7. The van der Waals surface area contributed by atoms with Gasteiger partial charge < -0.3 is 10.1 Å². The van der Waals surface area contributed by atoms with Crippen molar-refractivity contribution in [1.29, 1.82) is 5.26 Å². The average Bonchev–Trinajstić information content (AvgIpc) is 2.67. The number of amides is 1. The zero-order valence-electron chi connectivity index (χ0n) is 13.4. The summed E-state index contributed by atoms with van der Waals surface area (Å²) in [4.78, 5) is 35.8. The number of aromatic nitrogens is 2. The van der Waals surface area contributed by atoms with Crippen molar-refractivity contribution in [2.75, 3.05) is 11.9 Å². The number of esters is 1. The van der Waals surface area contributed by atoms with Crippen LogP contribution in [0.5, 0.6) is 0 Å². The number of hydrogen-bond acceptors (Lipinski definition) is 6. The summed E-state index contributed by atoms with van der Waals surface area (Å²) in [5, 5.41) is 17.9. The summed E-state index contributed by atoms with van der Waals surface area (Å²) in [5.41, 5.74) is 0.299. The number of hydrogen-bond donors (Lipinski definition) is 2. The molecule has 0 aliphatic rings. The van der Waals surface area contributed by atoms with Crippen molar-refractivity contribution < 1.29 is 14.3 Å². The highest BCUT2D eigenvalue weighted by atomic mass is 16.5. The van der Waals surface area contributed by atoms with E-state index >= 15 is 0 Å². The summed E-state index contributed by atoms with van der Waals surface area (Å²) in [7, 11) is 0. The fourth-order valence-corrected chi connectivity index (χ4v) is 2.33. The third-order valence-electron chi connectivity index (χ3n) is 3.50. The maximum absolute atomic E-state index is 12.2. The van der Waals surface area contributed by atoms with Gasteiger partial charge in [0.2, 0.25) is 0 Å². The summed E-state index contributed by atoms with van der Waals surface area (Å²) < 4.78 is 4.97. The molecule has 0 saturated carbocycles. The fourth-order valence-electron chi connectivity index (χ4n) is 2.33. The number of nitrogens with zero attached hydrogens (tertiary/aromatic N) is 2. The van der Waals surface area contributed by atoms with Crippen LogP contribution >= 0.6 is 0 Å². The first-order valence-electron chi connectivity index (χ1n) is 7.53. The molecule has 0 unspecified atom stereocenters. The van der Waals surface area contributed by atoms with Gasteiger partial charge in [-0.1, -0.05) is 24.3 Å². The van der Waals surface area contributed by atoms with Crippen LogP contribution in [0.15, 0.2) is 53.3 Å². The number of benzene rings is 2. The number of carbonyl (C=O) groups is 2. The topological polar surface area (TPSA) is 125 Å². The van der Waals surface area contributed by atoms with E-state index < -0.39 is 24.0 Å². The quantitative estimate of drug-likeness (QED) is 0.690. The summed E-state index contributed by atoms with van der Waals surface area (Å²) >= 11 is 0. The number of aromatic amines is 1. The SMILES string of the molecule is N#Cc1cccc(NC(=O)COC(=O)c2n[nH]c(=O)c3ccccc23)c1. The first-order chi connectivity index (χ1) is 12.6. The minimum atomic E-state index is -0.835. The highest BCUT2D eigenvalue weighted by Crippen LogP contribution is 2.13. The monoisotopic (exact) mass is 348 g/mol. The van der Waals surface area contributed by atoms with Crippen molar-refractivity contribution in [3.63, 3.8) is 0 Å². The summed E-state index contributed by atoms with van der Waals surface area (Å²) in [5.74, 6) is -1.40. The number of carbonyl (C=O) groups excluding carboxylic acids is 2. The van der Waals surface area contributed by atoms with E-state index in [4.69, 9.17) is 10.00 Å². The molecule has 26 heavy (non-hydrogen) atoms. The van der Waals surface area contributed by atoms with E-state index in [1.807, 2.05) is 6.07 Å². The lowest BCUT2D eigenvalue weighted by molar-refractivity contribution is -0.119. The second kappa shape index (κ2) is 7.27. The largest absolute Gasteiger partial charge is 0.451 e. The van der Waals surface area contributed by atoms with E-state index in [-0.39, 0.29) is 5.69 Å². The number of anilines is 1. The van der Waals surface area contributed by atoms with E-state index in [0.29, 0.717) is 22.0 Å². The molecular formula is C18H12N4O4. The molecule has 3 rings (SSSR count). The van der Waals surface area contributed by atoms with Gasteiger partial charge in [-0.2, -0.15) is 10.4 Å². The molecular weight excluding hydrogens is 336 g/mol. The van der Waals surface area contributed by atoms with Gasteiger partial charge in [0.25, 0.3) is 11.5 Å². The molecule has 8 heteroatoms. The molecule has 0 aliphatic heterocycles. The maximum atomic E-state index is 12.2. The molecule has 128 valence electrons. The van der Waals surface area contributed by atoms with Crippen LogP contribution in [-0.4, -0.2) is 28.7 Å². The van der Waals surface area contributed by atoms with Crippen LogP contribution in [0.2, 0.25) is 0 Å². The maximum Gasteiger partial charge on any atom is 0.359 e. The third kappa shape index (κ3) is 3.57. The molecule has 0 fully saturated rings. The predicted molar refractivity (Wildman–Crippen MR) is 92.4 cm³/mol. The highest BCUT2D eigenvalue weighted by Gasteiger charge is 2.16. The Balaban J connectivity index is 1.69. The Hall–Kier alpha value is -3.99. The Labute approximate surface area is 147 Å². The molecule has 0 bridgehead atoms. The van der Waals surface area contributed by atoms with Crippen molar-refractivity contribution in [2.24, 2.45) is 0 Å². The molecule has 1 amide bonds. The number of rotatable bonds is 4. The van der Waals surface area contributed by atoms with Crippen molar-refractivity contribution >= 4 is 28.3 Å². The summed E-state index contributed by atoms with van der Waals surface area (Å²) in [6.07, 6.45) is 0. The first-order valence-corrected chi connectivity index (χ1v) is 7.53. The number of nitrogens with one attached hydrogen (secondary N) is 2. The standard InChI is InChI=1S/C18H12N4O4/c19-9-11-4-3-5-12(8-11)20-15(23)10-26-18(25)16-13-6-1-2-7-14(13)17(24)22-21-16/h1-8H,10H2,(H,20,23)(H,22,24). The van der Waals surface area contributed by atoms with E-state index in [0.717, 1.165) is 0 Å². The Morgan fingerprint density at radius 2 is 1.92 bits per heavy atom. The van der Waals surface area contributed by atoms with Gasteiger partial charge in [-0.15, -0.1) is 0 Å². The molecule has 2 N–H and O–H groups in total. The van der Waals surface area contributed by atoms with Gasteiger partial charge in [0.15, 0.2) is 12.3 Å². The second-order valence-electron chi connectivity index (χ2n) is 5.26. The van der Waals surface area contributed by atoms with Crippen molar-refractivity contribution in [3.05, 3.63) is 70.1 Å². The first kappa shape index (κ1) is 16.9. The molecule has 1 heterocycles. The Morgan fingerprint density at radius 3 is 2.69 bits per heavy atom. The molecule has 0 saturated heterocycles. The van der Waals surface area contributed by atoms with E-state index in [9.17, 15) is 14.4 Å². The Bertz CT molecular complexity index is 1100. The van der Waals surface area contributed by atoms with Gasteiger partial charge in [0.1, 0.15) is 0 Å². The predicted octanol–water partition coefficient (Wildman–Crippen LogP) is 1.59. The fraction of sp³-hybridized carbons (Fsp3) is 0.0556. The van der Waals surface area contributed by atoms with E-state index in [1.54, 1.807) is 42.5 Å². The van der Waals surface area contributed by atoms with Crippen molar-refractivity contribution in [1.82, 2.24) is 10.2 Å². The number of fused-ring (bicyclic) bond motifs is 1. The van der Waals surface area contributed by atoms with Gasteiger partial charge in [-0.25, -0.2) is 9.89 Å². The van der Waals surface area contributed by atoms with Crippen LogP contribution in [-0.2, 0) is 9.53 Å². The average molecular weight is 348 g/mol. The van der Waals surface area contributed by atoms with Crippen LogP contribution in [0.25, 0.3) is 10.8 Å². The van der Waals surface area contributed by atoms with Gasteiger partial charge in [-0.05, 0) is 24.3 Å². The van der Waals surface area contributed by atoms with Crippen molar-refractivity contribution in [3.8, 4) is 6.07 Å². The molecule has 8 nitrogen and oxygen atoms in total. The zero-order chi connectivity index (χ0) is 18.5. The Morgan fingerprint density at radius 1 is 1.15 bits per heavy atom. The minimum Gasteiger partial charge on any atom is -0.451 e. The molecule has 2 aromatic carbocycles. The van der Waals surface area contributed by atoms with Crippen LogP contribution in [0.3, 0.4) is 0 Å². The van der Waals surface area contributed by atoms with Crippen molar-refractivity contribution in [2.45, 2.75) is 0 Å². The van der Waals surface area contributed by atoms with Gasteiger partial charge in [0, 0.05) is 11.1 Å². The normalized spacial score (nSPS) is 10.1. The van der Waals surface area contributed by atoms with Crippen LogP contribution in [0.4, 0.5) is 5.69 Å². The van der Waals surface area contributed by atoms with Gasteiger partial charge >= 0.3 is 5.97 Å². The lowest BCUT2D eigenvalue weighted by atomic mass is 10.1. The van der Waals surface area contributed by atoms with E-state index in [1.165, 1.54) is 6.07 Å². The number of nitriles is 1. The molecule has 0 spiro atoms. The molecule has 1 aromatic heterocycles. The number of ether oxygens (including phenoxy) is 1. The van der Waals surface area contributed by atoms with Gasteiger partial charge in [-0.3, -0.25) is 9.59 Å². The lowest BCUT2D eigenvalue weighted by Gasteiger charge is -2.07. The molecule has 0 aliphatic carbocycles. The lowest BCUT2D eigenvalue weighted by Crippen LogP contribution is -2.22. The minimum absolute atomic E-state index is 0.0838. The van der Waals surface area contributed by atoms with Gasteiger partial charge in [0.05, 0.1) is 17.0 Å². The molecule has 0 radical (unpaired) electrons. The number of H-pyrrole nitrogens is 1. The van der Waals surface area contributed by atoms with Crippen LogP contribution in [0.1, 0.15) is 16.1 Å².